The van der Waals surface area contributed by atoms with Gasteiger partial charge in [-0.3, -0.25) is 0 Å². The minimum Gasteiger partial charge on any atom is -0.317 e. The predicted octanol–water partition coefficient (Wildman–Crippen LogP) is 6.08. The molecule has 0 spiro atoms. The highest BCUT2D eigenvalue weighted by Crippen LogP contribution is 2.28. The van der Waals surface area contributed by atoms with E-state index < -0.39 is 0 Å². The number of hydrogen-bond donors (Lipinski definition) is 1. The van der Waals surface area contributed by atoms with Crippen molar-refractivity contribution in [3.8, 4) is 0 Å². The zero-order valence-corrected chi connectivity index (χ0v) is 14.3. The fraction of sp³-hybridized carbons (Fsp3) is 1.00. The quantitative estimate of drug-likeness (QED) is 0.428. The number of unbranched alkanes of at least 4 members (excludes halogenated alkanes) is 7. The number of rotatable bonds is 12. The van der Waals surface area contributed by atoms with Crippen molar-refractivity contribution in [1.82, 2.24) is 5.32 Å². The van der Waals surface area contributed by atoms with Crippen LogP contribution in [0.15, 0.2) is 0 Å². The summed E-state index contributed by atoms with van der Waals surface area (Å²) in [6, 6.07) is 0.790. The Morgan fingerprint density at radius 2 is 1.45 bits per heavy atom. The minimum absolute atomic E-state index is 0.790. The highest BCUT2D eigenvalue weighted by atomic mass is 14.9. The second kappa shape index (κ2) is 12.7. The topological polar surface area (TPSA) is 12.0 Å². The van der Waals surface area contributed by atoms with Crippen LogP contribution in [0.2, 0.25) is 0 Å². The van der Waals surface area contributed by atoms with Crippen molar-refractivity contribution in [2.75, 3.05) is 7.05 Å². The summed E-state index contributed by atoms with van der Waals surface area (Å²) in [4.78, 5) is 0. The van der Waals surface area contributed by atoms with E-state index in [1.807, 2.05) is 0 Å². The van der Waals surface area contributed by atoms with E-state index in [1.165, 1.54) is 96.3 Å². The van der Waals surface area contributed by atoms with Crippen LogP contribution in [-0.2, 0) is 0 Å². The van der Waals surface area contributed by atoms with Gasteiger partial charge in [0.05, 0.1) is 0 Å². The van der Waals surface area contributed by atoms with Gasteiger partial charge >= 0.3 is 0 Å². The highest BCUT2D eigenvalue weighted by molar-refractivity contribution is 4.73. The Bertz CT molecular complexity index is 196. The fourth-order valence-electron chi connectivity index (χ4n) is 3.73. The Kier molecular flexibility index (Phi) is 11.4. The van der Waals surface area contributed by atoms with Crippen LogP contribution in [0.3, 0.4) is 0 Å². The highest BCUT2D eigenvalue weighted by Gasteiger charge is 2.17. The maximum absolute atomic E-state index is 3.57. The summed E-state index contributed by atoms with van der Waals surface area (Å²) in [6.07, 6.45) is 21.8. The molecular formula is C19H39N. The van der Waals surface area contributed by atoms with Crippen LogP contribution in [0, 0.1) is 5.92 Å². The van der Waals surface area contributed by atoms with E-state index in [0.29, 0.717) is 0 Å². The van der Waals surface area contributed by atoms with Crippen molar-refractivity contribution < 1.29 is 0 Å². The van der Waals surface area contributed by atoms with Gasteiger partial charge in [0, 0.05) is 6.04 Å². The van der Waals surface area contributed by atoms with Gasteiger partial charge in [-0.15, -0.1) is 0 Å². The molecule has 1 rings (SSSR count). The third kappa shape index (κ3) is 9.00. The molecule has 1 N–H and O–H groups in total. The molecule has 0 aliphatic heterocycles. The lowest BCUT2D eigenvalue weighted by molar-refractivity contribution is 0.294. The van der Waals surface area contributed by atoms with E-state index >= 15 is 0 Å². The van der Waals surface area contributed by atoms with Gasteiger partial charge in [-0.1, -0.05) is 90.4 Å². The van der Waals surface area contributed by atoms with Gasteiger partial charge in [0.25, 0.3) is 0 Å². The maximum atomic E-state index is 3.57. The monoisotopic (exact) mass is 281 g/mol. The molecule has 1 nitrogen and oxygen atoms in total. The van der Waals surface area contributed by atoms with E-state index in [0.717, 1.165) is 12.0 Å². The summed E-state index contributed by atoms with van der Waals surface area (Å²) in [7, 11) is 2.16. The van der Waals surface area contributed by atoms with E-state index in [9.17, 15) is 0 Å². The van der Waals surface area contributed by atoms with Gasteiger partial charge in [-0.25, -0.2) is 0 Å². The summed E-state index contributed by atoms with van der Waals surface area (Å²) in [5.74, 6) is 1.02. The molecule has 0 aromatic rings. The summed E-state index contributed by atoms with van der Waals surface area (Å²) in [5.41, 5.74) is 0. The molecule has 0 bridgehead atoms. The Morgan fingerprint density at radius 3 is 2.05 bits per heavy atom. The van der Waals surface area contributed by atoms with Crippen LogP contribution < -0.4 is 5.32 Å². The predicted molar refractivity (Wildman–Crippen MR) is 91.3 cm³/mol. The smallest absolute Gasteiger partial charge is 0.00667 e. The van der Waals surface area contributed by atoms with Crippen molar-refractivity contribution in [1.29, 1.82) is 0 Å². The molecule has 1 fully saturated rings. The Balaban J connectivity index is 1.94. The van der Waals surface area contributed by atoms with Crippen molar-refractivity contribution >= 4 is 0 Å². The van der Waals surface area contributed by atoms with Crippen molar-refractivity contribution in [3.05, 3.63) is 0 Å². The number of hydrogen-bond acceptors (Lipinski definition) is 1. The largest absolute Gasteiger partial charge is 0.317 e. The summed E-state index contributed by atoms with van der Waals surface area (Å²) >= 11 is 0. The van der Waals surface area contributed by atoms with Gasteiger partial charge in [0.15, 0.2) is 0 Å². The first kappa shape index (κ1) is 18.0. The molecule has 1 aliphatic carbocycles. The molecule has 0 aromatic carbocycles. The summed E-state index contributed by atoms with van der Waals surface area (Å²) in [5, 5.41) is 3.57. The molecular weight excluding hydrogens is 242 g/mol. The van der Waals surface area contributed by atoms with Crippen LogP contribution in [0.1, 0.15) is 103 Å². The SMILES string of the molecule is CCCCCCCCCCC(CC1CCCCC1)NC. The number of nitrogens with one attached hydrogen (secondary N) is 1. The van der Waals surface area contributed by atoms with Gasteiger partial charge < -0.3 is 5.32 Å². The Morgan fingerprint density at radius 1 is 0.850 bits per heavy atom. The zero-order valence-electron chi connectivity index (χ0n) is 14.3. The van der Waals surface area contributed by atoms with Crippen LogP contribution >= 0.6 is 0 Å². The van der Waals surface area contributed by atoms with E-state index in [4.69, 9.17) is 0 Å². The third-order valence-electron chi connectivity index (χ3n) is 5.16. The average Bonchev–Trinajstić information content (AvgIpc) is 2.49. The molecule has 0 aromatic heterocycles. The fourth-order valence-corrected chi connectivity index (χ4v) is 3.73. The van der Waals surface area contributed by atoms with Gasteiger partial charge in [0.1, 0.15) is 0 Å². The molecule has 1 atom stereocenters. The normalized spacial score (nSPS) is 18.3. The van der Waals surface area contributed by atoms with Crippen molar-refractivity contribution in [2.24, 2.45) is 5.92 Å². The van der Waals surface area contributed by atoms with E-state index in [1.54, 1.807) is 0 Å². The molecule has 0 amide bonds. The molecule has 0 saturated heterocycles. The molecule has 1 saturated carbocycles. The lowest BCUT2D eigenvalue weighted by Gasteiger charge is -2.26. The second-order valence-corrected chi connectivity index (χ2v) is 6.99. The van der Waals surface area contributed by atoms with Crippen LogP contribution in [0.25, 0.3) is 0 Å². The lowest BCUT2D eigenvalue weighted by Crippen LogP contribution is -2.28. The molecule has 0 radical (unpaired) electrons. The standard InChI is InChI=1S/C19H39N/c1-3-4-5-6-7-8-9-13-16-19(20-2)17-18-14-11-10-12-15-18/h18-20H,3-17H2,1-2H3. The summed E-state index contributed by atoms with van der Waals surface area (Å²) < 4.78 is 0. The average molecular weight is 282 g/mol. The molecule has 1 heteroatoms. The van der Waals surface area contributed by atoms with E-state index in [2.05, 4.69) is 19.3 Å². The van der Waals surface area contributed by atoms with Crippen LogP contribution in [0.4, 0.5) is 0 Å². The van der Waals surface area contributed by atoms with Gasteiger partial charge in [-0.05, 0) is 25.8 Å². The summed E-state index contributed by atoms with van der Waals surface area (Å²) in [6.45, 7) is 2.30. The van der Waals surface area contributed by atoms with Crippen molar-refractivity contribution in [3.63, 3.8) is 0 Å². The van der Waals surface area contributed by atoms with Crippen LogP contribution in [-0.4, -0.2) is 13.1 Å². The molecule has 1 aliphatic rings. The Hall–Kier alpha value is -0.0400. The maximum Gasteiger partial charge on any atom is 0.00667 e. The first-order valence-electron chi connectivity index (χ1n) is 9.54. The van der Waals surface area contributed by atoms with Gasteiger partial charge in [0.2, 0.25) is 0 Å². The minimum atomic E-state index is 0.790. The molecule has 120 valence electrons. The first-order chi connectivity index (χ1) is 9.86. The van der Waals surface area contributed by atoms with E-state index in [-0.39, 0.29) is 0 Å². The zero-order chi connectivity index (χ0) is 14.5. The molecule has 20 heavy (non-hydrogen) atoms. The third-order valence-corrected chi connectivity index (χ3v) is 5.16. The Labute approximate surface area is 128 Å². The molecule has 0 heterocycles. The second-order valence-electron chi connectivity index (χ2n) is 6.99. The van der Waals surface area contributed by atoms with Crippen molar-refractivity contribution in [2.45, 2.75) is 109 Å². The lowest BCUT2D eigenvalue weighted by atomic mass is 9.84. The molecule has 1 unspecified atom stereocenters. The first-order valence-corrected chi connectivity index (χ1v) is 9.54. The van der Waals surface area contributed by atoms with Crippen LogP contribution in [0.5, 0.6) is 0 Å². The van der Waals surface area contributed by atoms with Gasteiger partial charge in [-0.2, -0.15) is 0 Å².